The van der Waals surface area contributed by atoms with Gasteiger partial charge in [0.1, 0.15) is 5.75 Å². The highest BCUT2D eigenvalue weighted by molar-refractivity contribution is 6.42. The van der Waals surface area contributed by atoms with Gasteiger partial charge in [0.2, 0.25) is 0 Å². The lowest BCUT2D eigenvalue weighted by Crippen LogP contribution is -2.62. The first kappa shape index (κ1) is 21.8. The van der Waals surface area contributed by atoms with Gasteiger partial charge in [-0.1, -0.05) is 23.2 Å². The number of hydrogen-bond acceptors (Lipinski definition) is 5. The fraction of sp³-hybridized carbons (Fsp3) is 0.556. The number of likely N-dealkylation sites (tertiary alicyclic amines) is 1. The fourth-order valence-electron chi connectivity index (χ4n) is 3.18. The maximum atomic E-state index is 12.3. The summed E-state index contributed by atoms with van der Waals surface area (Å²) < 4.78 is 5.47. The molecule has 1 aliphatic rings. The van der Waals surface area contributed by atoms with Crippen molar-refractivity contribution in [3.8, 4) is 5.75 Å². The topological polar surface area (TPSA) is 96.7 Å². The number of nitrogens with zero attached hydrogens (tertiary/aromatic N) is 1. The molecule has 2 atom stereocenters. The quantitative estimate of drug-likeness (QED) is 0.388. The van der Waals surface area contributed by atoms with Crippen molar-refractivity contribution in [2.75, 3.05) is 13.2 Å². The first-order chi connectivity index (χ1) is 12.6. The molecule has 1 aromatic carbocycles. The zero-order chi connectivity index (χ0) is 20.2. The molecule has 0 spiro atoms. The Bertz CT molecular complexity index is 694. The van der Waals surface area contributed by atoms with Crippen LogP contribution in [0.25, 0.3) is 0 Å². The molecule has 27 heavy (non-hydrogen) atoms. The number of nitrogens with two attached hydrogens (primary N) is 1. The number of halogens is 2. The maximum Gasteiger partial charge on any atom is 0.258 e. The van der Waals surface area contributed by atoms with E-state index in [1.807, 2.05) is 20.8 Å². The van der Waals surface area contributed by atoms with Gasteiger partial charge in [0, 0.05) is 24.2 Å². The highest BCUT2D eigenvalue weighted by Crippen LogP contribution is 2.27. The summed E-state index contributed by atoms with van der Waals surface area (Å²) >= 11 is 11.8. The van der Waals surface area contributed by atoms with Crippen molar-refractivity contribution in [3.63, 3.8) is 0 Å². The molecular formula is C18H26Cl2N4O3. The van der Waals surface area contributed by atoms with Gasteiger partial charge in [-0.25, -0.2) is 5.84 Å². The third-order valence-electron chi connectivity index (χ3n) is 4.51. The van der Waals surface area contributed by atoms with Gasteiger partial charge in [-0.2, -0.15) is 0 Å². The van der Waals surface area contributed by atoms with Gasteiger partial charge in [-0.3, -0.25) is 19.9 Å². The number of carbonyl (C=O) groups excluding carboxylic acids is 2. The van der Waals surface area contributed by atoms with Crippen molar-refractivity contribution in [3.05, 3.63) is 28.2 Å². The summed E-state index contributed by atoms with van der Waals surface area (Å²) in [5.41, 5.74) is 1.99. The van der Waals surface area contributed by atoms with E-state index in [0.717, 1.165) is 0 Å². The molecule has 0 bridgehead atoms. The molecule has 0 unspecified atom stereocenters. The van der Waals surface area contributed by atoms with E-state index in [4.69, 9.17) is 33.8 Å². The summed E-state index contributed by atoms with van der Waals surface area (Å²) in [4.78, 5) is 26.4. The summed E-state index contributed by atoms with van der Waals surface area (Å²) in [5.74, 6) is 5.33. The van der Waals surface area contributed by atoms with Crippen LogP contribution in [0.15, 0.2) is 18.2 Å². The van der Waals surface area contributed by atoms with Crippen molar-refractivity contribution >= 4 is 35.0 Å². The summed E-state index contributed by atoms with van der Waals surface area (Å²) in [6.45, 7) is 6.51. The molecule has 1 saturated heterocycles. The maximum absolute atomic E-state index is 12.3. The molecule has 9 heteroatoms. The van der Waals surface area contributed by atoms with Crippen LogP contribution in [0.1, 0.15) is 33.6 Å². The Morgan fingerprint density at radius 3 is 2.56 bits per heavy atom. The minimum atomic E-state index is -0.310. The molecular weight excluding hydrogens is 391 g/mol. The molecule has 0 aliphatic carbocycles. The van der Waals surface area contributed by atoms with Crippen LogP contribution >= 0.6 is 23.2 Å². The van der Waals surface area contributed by atoms with Gasteiger partial charge in [0.15, 0.2) is 6.61 Å². The van der Waals surface area contributed by atoms with Crippen molar-refractivity contribution in [1.82, 2.24) is 15.6 Å². The van der Waals surface area contributed by atoms with Crippen molar-refractivity contribution in [2.45, 2.75) is 51.2 Å². The summed E-state index contributed by atoms with van der Waals surface area (Å²) in [6, 6.07) is 4.45. The van der Waals surface area contributed by atoms with E-state index in [0.29, 0.717) is 35.2 Å². The molecule has 0 saturated carbocycles. The summed E-state index contributed by atoms with van der Waals surface area (Å²) in [7, 11) is 0. The second-order valence-electron chi connectivity index (χ2n) is 7.55. The Balaban J connectivity index is 1.91. The second kappa shape index (κ2) is 9.10. The SMILES string of the molecule is CC(C)(C)N1C[C@@H](NC(=O)COc2ccc(Cl)c(Cl)c2)CC[C@@H]1C(=O)NN. The number of nitrogens with one attached hydrogen (secondary N) is 2. The molecule has 2 amide bonds. The second-order valence-corrected chi connectivity index (χ2v) is 8.37. The van der Waals surface area contributed by atoms with Crippen LogP contribution in [0.3, 0.4) is 0 Å². The average Bonchev–Trinajstić information content (AvgIpc) is 2.61. The van der Waals surface area contributed by atoms with Crippen LogP contribution in [-0.2, 0) is 9.59 Å². The zero-order valence-electron chi connectivity index (χ0n) is 15.7. The van der Waals surface area contributed by atoms with E-state index in [2.05, 4.69) is 15.6 Å². The van der Waals surface area contributed by atoms with Crippen molar-refractivity contribution in [2.24, 2.45) is 5.84 Å². The van der Waals surface area contributed by atoms with Crippen molar-refractivity contribution < 1.29 is 14.3 Å². The first-order valence-corrected chi connectivity index (χ1v) is 9.52. The monoisotopic (exact) mass is 416 g/mol. The lowest BCUT2D eigenvalue weighted by Gasteiger charge is -2.46. The average molecular weight is 417 g/mol. The number of rotatable bonds is 5. The van der Waals surface area contributed by atoms with Crippen LogP contribution in [0, 0.1) is 0 Å². The van der Waals surface area contributed by atoms with Gasteiger partial charge in [0.05, 0.1) is 16.1 Å². The number of hydrogen-bond donors (Lipinski definition) is 3. The third kappa shape index (κ3) is 5.97. The Labute approximate surface area is 169 Å². The molecule has 7 nitrogen and oxygen atoms in total. The van der Waals surface area contributed by atoms with Crippen LogP contribution in [-0.4, -0.2) is 47.5 Å². The van der Waals surface area contributed by atoms with E-state index in [1.54, 1.807) is 18.2 Å². The Morgan fingerprint density at radius 1 is 1.26 bits per heavy atom. The van der Waals surface area contributed by atoms with Gasteiger partial charge in [-0.05, 0) is 45.7 Å². The number of ether oxygens (including phenoxy) is 1. The lowest BCUT2D eigenvalue weighted by molar-refractivity contribution is -0.131. The standard InChI is InChI=1S/C18H26Cl2N4O3/c1-18(2,3)24-9-11(4-7-15(24)17(26)23-21)22-16(25)10-27-12-5-6-13(19)14(20)8-12/h5-6,8,11,15H,4,7,9-10,21H2,1-3H3,(H,22,25)(H,23,26)/t11-,15+/m0/s1. The number of amides is 2. The smallest absolute Gasteiger partial charge is 0.258 e. The van der Waals surface area contributed by atoms with E-state index in [-0.39, 0.29) is 36.0 Å². The van der Waals surface area contributed by atoms with Crippen LogP contribution < -0.4 is 21.3 Å². The third-order valence-corrected chi connectivity index (χ3v) is 5.25. The Kier molecular flexibility index (Phi) is 7.33. The Morgan fingerprint density at radius 2 is 1.96 bits per heavy atom. The predicted octanol–water partition coefficient (Wildman–Crippen LogP) is 2.11. The van der Waals surface area contributed by atoms with Gasteiger partial charge in [-0.15, -0.1) is 0 Å². The molecule has 1 heterocycles. The number of benzene rings is 1. The molecule has 2 rings (SSSR count). The number of hydrazine groups is 1. The van der Waals surface area contributed by atoms with E-state index in [9.17, 15) is 9.59 Å². The minimum absolute atomic E-state index is 0.0732. The van der Waals surface area contributed by atoms with Gasteiger partial charge < -0.3 is 10.1 Å². The normalized spacial score (nSPS) is 20.8. The molecule has 1 aromatic rings. The largest absolute Gasteiger partial charge is 0.484 e. The molecule has 0 radical (unpaired) electrons. The van der Waals surface area contributed by atoms with Crippen molar-refractivity contribution in [1.29, 1.82) is 0 Å². The molecule has 4 N–H and O–H groups in total. The van der Waals surface area contributed by atoms with Crippen LogP contribution in [0.2, 0.25) is 10.0 Å². The van der Waals surface area contributed by atoms with Crippen LogP contribution in [0.4, 0.5) is 0 Å². The molecule has 1 aliphatic heterocycles. The highest BCUT2D eigenvalue weighted by atomic mass is 35.5. The molecule has 150 valence electrons. The molecule has 1 fully saturated rings. The summed E-state index contributed by atoms with van der Waals surface area (Å²) in [6.07, 6.45) is 1.29. The predicted molar refractivity (Wildman–Crippen MR) is 106 cm³/mol. The van der Waals surface area contributed by atoms with E-state index >= 15 is 0 Å². The van der Waals surface area contributed by atoms with Gasteiger partial charge in [0.25, 0.3) is 11.8 Å². The van der Waals surface area contributed by atoms with E-state index < -0.39 is 0 Å². The van der Waals surface area contributed by atoms with Crippen LogP contribution in [0.5, 0.6) is 5.75 Å². The highest BCUT2D eigenvalue weighted by Gasteiger charge is 2.38. The number of carbonyl (C=O) groups is 2. The zero-order valence-corrected chi connectivity index (χ0v) is 17.2. The van der Waals surface area contributed by atoms with E-state index in [1.165, 1.54) is 0 Å². The lowest BCUT2D eigenvalue weighted by atomic mass is 9.91. The summed E-state index contributed by atoms with van der Waals surface area (Å²) in [5, 5.41) is 3.76. The number of piperidine rings is 1. The fourth-order valence-corrected chi connectivity index (χ4v) is 3.47. The minimum Gasteiger partial charge on any atom is -0.484 e. The first-order valence-electron chi connectivity index (χ1n) is 8.76. The Hall–Kier alpha value is -1.54. The molecule has 0 aromatic heterocycles. The van der Waals surface area contributed by atoms with Gasteiger partial charge >= 0.3 is 0 Å².